The number of benzene rings is 2. The van der Waals surface area contributed by atoms with Gasteiger partial charge in [0.25, 0.3) is 5.91 Å². The number of ether oxygens (including phenoxy) is 2. The highest BCUT2D eigenvalue weighted by Crippen LogP contribution is 2.23. The molecule has 0 aromatic heterocycles. The number of rotatable bonds is 7. The Balaban J connectivity index is 2.10. The molecule has 0 spiro atoms. The van der Waals surface area contributed by atoms with Crippen LogP contribution in [0.25, 0.3) is 6.08 Å². The number of carbonyl (C=O) groups excluding carboxylic acids is 3. The average molecular weight is 382 g/mol. The van der Waals surface area contributed by atoms with Crippen LogP contribution in [0.4, 0.5) is 5.69 Å². The summed E-state index contributed by atoms with van der Waals surface area (Å²) >= 11 is 0. The predicted octanol–water partition coefficient (Wildman–Crippen LogP) is 2.74. The Morgan fingerprint density at radius 2 is 1.64 bits per heavy atom. The standard InChI is InChI=1S/C21H22N2O5/c1-14(20(25)23-17-11-7-8-12-19(17)27-3)28-21(26)18(22-15(2)24)13-16-9-5-4-6-10-16/h4-14H,1-3H3,(H,22,24)(H,23,25)/b18-13-/t14-/m0/s1. The monoisotopic (exact) mass is 382 g/mol. The van der Waals surface area contributed by atoms with Gasteiger partial charge in [-0.25, -0.2) is 4.79 Å². The molecule has 146 valence electrons. The third kappa shape index (κ3) is 5.98. The van der Waals surface area contributed by atoms with Crippen molar-refractivity contribution < 1.29 is 23.9 Å². The molecular formula is C21H22N2O5. The quantitative estimate of drug-likeness (QED) is 0.567. The Morgan fingerprint density at radius 3 is 2.29 bits per heavy atom. The van der Waals surface area contributed by atoms with Crippen molar-refractivity contribution in [3.05, 3.63) is 65.9 Å². The van der Waals surface area contributed by atoms with Crippen LogP contribution in [-0.4, -0.2) is 31.0 Å². The summed E-state index contributed by atoms with van der Waals surface area (Å²) in [5, 5.41) is 5.08. The maximum Gasteiger partial charge on any atom is 0.355 e. The number of nitrogens with one attached hydrogen (secondary N) is 2. The summed E-state index contributed by atoms with van der Waals surface area (Å²) in [5.74, 6) is -1.29. The number of methoxy groups -OCH3 is 1. The van der Waals surface area contributed by atoms with Gasteiger partial charge in [-0.05, 0) is 30.7 Å². The zero-order valence-corrected chi connectivity index (χ0v) is 15.9. The average Bonchev–Trinajstić information content (AvgIpc) is 2.68. The molecule has 0 radical (unpaired) electrons. The van der Waals surface area contributed by atoms with Crippen LogP contribution in [0.2, 0.25) is 0 Å². The number of anilines is 1. The molecule has 2 N–H and O–H groups in total. The molecule has 0 heterocycles. The first-order chi connectivity index (χ1) is 13.4. The smallest absolute Gasteiger partial charge is 0.355 e. The van der Waals surface area contributed by atoms with Gasteiger partial charge in [0.1, 0.15) is 11.4 Å². The van der Waals surface area contributed by atoms with Crippen LogP contribution < -0.4 is 15.4 Å². The number of hydrogen-bond donors (Lipinski definition) is 2. The summed E-state index contributed by atoms with van der Waals surface area (Å²) in [6.07, 6.45) is 0.388. The van der Waals surface area contributed by atoms with Crippen LogP contribution in [0.15, 0.2) is 60.3 Å². The number of carbonyl (C=O) groups is 3. The maximum absolute atomic E-state index is 12.5. The lowest BCUT2D eigenvalue weighted by atomic mass is 10.2. The molecule has 0 bridgehead atoms. The lowest BCUT2D eigenvalue weighted by Gasteiger charge is -2.16. The summed E-state index contributed by atoms with van der Waals surface area (Å²) in [7, 11) is 1.49. The second-order valence-electron chi connectivity index (χ2n) is 5.89. The Bertz CT molecular complexity index is 877. The fraction of sp³-hybridized carbons (Fsp3) is 0.190. The first kappa shape index (κ1) is 20.7. The van der Waals surface area contributed by atoms with Crippen LogP contribution >= 0.6 is 0 Å². The highest BCUT2D eigenvalue weighted by molar-refractivity contribution is 6.01. The molecule has 0 aliphatic carbocycles. The zero-order chi connectivity index (χ0) is 20.5. The van der Waals surface area contributed by atoms with Crippen LogP contribution in [0.5, 0.6) is 5.75 Å². The van der Waals surface area contributed by atoms with Gasteiger partial charge in [0.15, 0.2) is 6.10 Å². The van der Waals surface area contributed by atoms with Crippen molar-refractivity contribution in [1.29, 1.82) is 0 Å². The van der Waals surface area contributed by atoms with Gasteiger partial charge in [0.05, 0.1) is 12.8 Å². The van der Waals surface area contributed by atoms with Gasteiger partial charge in [-0.15, -0.1) is 0 Å². The van der Waals surface area contributed by atoms with E-state index >= 15 is 0 Å². The summed E-state index contributed by atoms with van der Waals surface area (Å²) in [4.78, 5) is 36.3. The van der Waals surface area contributed by atoms with Gasteiger partial charge in [0.2, 0.25) is 5.91 Å². The minimum absolute atomic E-state index is 0.0596. The Labute approximate surface area is 163 Å². The Morgan fingerprint density at radius 1 is 1.00 bits per heavy atom. The normalized spacial score (nSPS) is 11.9. The van der Waals surface area contributed by atoms with E-state index in [1.165, 1.54) is 27.0 Å². The van der Waals surface area contributed by atoms with Crippen LogP contribution in [0, 0.1) is 0 Å². The topological polar surface area (TPSA) is 93.7 Å². The number of para-hydroxylation sites is 2. The number of hydrogen-bond acceptors (Lipinski definition) is 5. The molecule has 0 aliphatic rings. The molecule has 2 aromatic carbocycles. The summed E-state index contributed by atoms with van der Waals surface area (Å²) < 4.78 is 10.4. The number of amides is 2. The summed E-state index contributed by atoms with van der Waals surface area (Å²) in [6.45, 7) is 2.72. The van der Waals surface area contributed by atoms with Crippen LogP contribution in [-0.2, 0) is 19.1 Å². The molecule has 2 aromatic rings. The van der Waals surface area contributed by atoms with E-state index in [0.717, 1.165) is 0 Å². The van der Waals surface area contributed by atoms with Gasteiger partial charge >= 0.3 is 5.97 Å². The Kier molecular flexibility index (Phi) is 7.33. The van der Waals surface area contributed by atoms with Crippen molar-refractivity contribution in [3.63, 3.8) is 0 Å². The van der Waals surface area contributed by atoms with Crippen LogP contribution in [0.1, 0.15) is 19.4 Å². The van der Waals surface area contributed by atoms with E-state index in [4.69, 9.17) is 9.47 Å². The van der Waals surface area contributed by atoms with Crippen LogP contribution in [0.3, 0.4) is 0 Å². The largest absolute Gasteiger partial charge is 0.495 e. The minimum Gasteiger partial charge on any atom is -0.495 e. The van der Waals surface area contributed by atoms with Gasteiger partial charge < -0.3 is 20.1 Å². The van der Waals surface area contributed by atoms with Crippen molar-refractivity contribution in [2.24, 2.45) is 0 Å². The van der Waals surface area contributed by atoms with E-state index in [9.17, 15) is 14.4 Å². The molecule has 0 aliphatic heterocycles. The van der Waals surface area contributed by atoms with Crippen molar-refractivity contribution in [2.45, 2.75) is 20.0 Å². The van der Waals surface area contributed by atoms with E-state index in [0.29, 0.717) is 17.0 Å². The first-order valence-electron chi connectivity index (χ1n) is 8.60. The molecule has 0 unspecified atom stereocenters. The summed E-state index contributed by atoms with van der Waals surface area (Å²) in [5.41, 5.74) is 1.10. The van der Waals surface area contributed by atoms with Crippen molar-refractivity contribution >= 4 is 29.5 Å². The predicted molar refractivity (Wildman–Crippen MR) is 105 cm³/mol. The lowest BCUT2D eigenvalue weighted by Crippen LogP contribution is -2.33. The van der Waals surface area contributed by atoms with Crippen molar-refractivity contribution in [1.82, 2.24) is 5.32 Å². The highest BCUT2D eigenvalue weighted by Gasteiger charge is 2.22. The molecule has 28 heavy (non-hydrogen) atoms. The molecule has 2 rings (SSSR count). The van der Waals surface area contributed by atoms with E-state index in [-0.39, 0.29) is 5.70 Å². The van der Waals surface area contributed by atoms with Gasteiger partial charge in [-0.1, -0.05) is 42.5 Å². The SMILES string of the molecule is COc1ccccc1NC(=O)[C@H](C)OC(=O)/C(=C/c1ccccc1)NC(C)=O. The first-order valence-corrected chi connectivity index (χ1v) is 8.60. The third-order valence-electron chi connectivity index (χ3n) is 3.66. The van der Waals surface area contributed by atoms with Gasteiger partial charge in [-0.2, -0.15) is 0 Å². The third-order valence-corrected chi connectivity index (χ3v) is 3.66. The molecule has 0 saturated carbocycles. The fourth-order valence-corrected chi connectivity index (χ4v) is 2.31. The maximum atomic E-state index is 12.5. The van der Waals surface area contributed by atoms with Gasteiger partial charge in [-0.3, -0.25) is 9.59 Å². The molecule has 1 atom stereocenters. The van der Waals surface area contributed by atoms with E-state index < -0.39 is 23.9 Å². The zero-order valence-electron chi connectivity index (χ0n) is 15.9. The molecule has 7 heteroatoms. The Hall–Kier alpha value is -3.61. The summed E-state index contributed by atoms with van der Waals surface area (Å²) in [6, 6.07) is 15.8. The van der Waals surface area contributed by atoms with E-state index in [1.54, 1.807) is 48.5 Å². The van der Waals surface area contributed by atoms with E-state index in [2.05, 4.69) is 10.6 Å². The lowest BCUT2D eigenvalue weighted by molar-refractivity contribution is -0.149. The molecular weight excluding hydrogens is 360 g/mol. The second-order valence-corrected chi connectivity index (χ2v) is 5.89. The second kappa shape index (κ2) is 9.91. The number of esters is 1. The highest BCUT2D eigenvalue weighted by atomic mass is 16.5. The van der Waals surface area contributed by atoms with Gasteiger partial charge in [0, 0.05) is 6.92 Å². The fourth-order valence-electron chi connectivity index (χ4n) is 2.31. The molecule has 7 nitrogen and oxygen atoms in total. The minimum atomic E-state index is -1.09. The molecule has 0 fully saturated rings. The van der Waals surface area contributed by atoms with Crippen molar-refractivity contribution in [2.75, 3.05) is 12.4 Å². The molecule has 2 amide bonds. The van der Waals surface area contributed by atoms with E-state index in [1.807, 2.05) is 6.07 Å². The van der Waals surface area contributed by atoms with Crippen molar-refractivity contribution in [3.8, 4) is 5.75 Å². The molecule has 0 saturated heterocycles.